The maximum absolute atomic E-state index is 13.0. The molecule has 1 aromatic carbocycles. The van der Waals surface area contributed by atoms with Gasteiger partial charge in [-0.1, -0.05) is 30.0 Å². The van der Waals surface area contributed by atoms with E-state index >= 15 is 0 Å². The largest absolute Gasteiger partial charge is 0.493 e. The van der Waals surface area contributed by atoms with E-state index in [9.17, 15) is 13.2 Å². The van der Waals surface area contributed by atoms with Crippen molar-refractivity contribution in [3.8, 4) is 11.5 Å². The Morgan fingerprint density at radius 1 is 1.23 bits per heavy atom. The molecule has 164 valence electrons. The van der Waals surface area contributed by atoms with E-state index in [-0.39, 0.29) is 29.8 Å². The van der Waals surface area contributed by atoms with Gasteiger partial charge in [0.05, 0.1) is 19.1 Å². The second kappa shape index (κ2) is 9.94. The number of nitrogens with one attached hydrogen (secondary N) is 1. The van der Waals surface area contributed by atoms with Crippen molar-refractivity contribution in [1.82, 2.24) is 14.5 Å². The van der Waals surface area contributed by atoms with Crippen molar-refractivity contribution in [3.63, 3.8) is 0 Å². The van der Waals surface area contributed by atoms with E-state index < -0.39 is 10.0 Å². The molecule has 1 amide bonds. The smallest absolute Gasteiger partial charge is 0.243 e. The number of amides is 1. The highest BCUT2D eigenvalue weighted by Crippen LogP contribution is 2.32. The molecule has 1 fully saturated rings. The number of carbonyl (C=O) groups excluding carboxylic acids is 1. The van der Waals surface area contributed by atoms with Crippen LogP contribution in [0.3, 0.4) is 0 Å². The predicted octanol–water partition coefficient (Wildman–Crippen LogP) is 2.71. The second-order valence-corrected chi connectivity index (χ2v) is 10.9. The summed E-state index contributed by atoms with van der Waals surface area (Å²) in [6, 6.07) is 4.52. The Hall–Kier alpha value is -1.89. The van der Waals surface area contributed by atoms with Crippen molar-refractivity contribution >= 4 is 44.2 Å². The molecule has 2 heterocycles. The van der Waals surface area contributed by atoms with E-state index in [0.29, 0.717) is 29.5 Å². The monoisotopic (exact) mass is 472 g/mol. The number of anilines is 1. The normalized spacial score (nSPS) is 15.7. The molecular formula is C18H24N4O5S3. The summed E-state index contributed by atoms with van der Waals surface area (Å²) in [5, 5.41) is 11.3. The van der Waals surface area contributed by atoms with Crippen LogP contribution in [0, 0.1) is 5.92 Å². The van der Waals surface area contributed by atoms with Crippen molar-refractivity contribution < 1.29 is 22.7 Å². The predicted molar refractivity (Wildman–Crippen MR) is 116 cm³/mol. The van der Waals surface area contributed by atoms with Crippen LogP contribution in [0.2, 0.25) is 0 Å². The van der Waals surface area contributed by atoms with Crippen LogP contribution in [-0.2, 0) is 14.8 Å². The number of rotatable bonds is 8. The van der Waals surface area contributed by atoms with Crippen LogP contribution in [0.25, 0.3) is 0 Å². The highest BCUT2D eigenvalue weighted by Gasteiger charge is 2.33. The summed E-state index contributed by atoms with van der Waals surface area (Å²) in [5.41, 5.74) is 0. The number of carbonyl (C=O) groups is 1. The molecule has 12 heteroatoms. The number of ether oxygens (including phenoxy) is 2. The molecule has 1 aliphatic heterocycles. The summed E-state index contributed by atoms with van der Waals surface area (Å²) in [7, 11) is -0.736. The first kappa shape index (κ1) is 22.8. The molecule has 0 aliphatic carbocycles. The summed E-state index contributed by atoms with van der Waals surface area (Å²) in [4.78, 5) is 12.7. The standard InChI is InChI=1S/C18H24N4O5S3/c1-4-28-18-21-20-17(29-18)19-16(23)12-7-9-22(10-8-12)30(24,25)13-5-6-14(26-2)15(11-13)27-3/h5-6,11-12H,4,7-10H2,1-3H3,(H,19,20,23). The number of hydrogen-bond donors (Lipinski definition) is 1. The summed E-state index contributed by atoms with van der Waals surface area (Å²) < 4.78 is 38.6. The molecule has 1 aromatic heterocycles. The lowest BCUT2D eigenvalue weighted by Crippen LogP contribution is -2.41. The Balaban J connectivity index is 1.62. The maximum Gasteiger partial charge on any atom is 0.243 e. The highest BCUT2D eigenvalue weighted by molar-refractivity contribution is 8.01. The molecule has 0 spiro atoms. The van der Waals surface area contributed by atoms with Crippen molar-refractivity contribution in [2.75, 3.05) is 38.4 Å². The van der Waals surface area contributed by atoms with E-state index in [1.165, 1.54) is 42.0 Å². The second-order valence-electron chi connectivity index (χ2n) is 6.49. The number of piperidine rings is 1. The average Bonchev–Trinajstić information content (AvgIpc) is 3.20. The first-order valence-electron chi connectivity index (χ1n) is 9.38. The number of hydrogen-bond acceptors (Lipinski definition) is 9. The van der Waals surface area contributed by atoms with Crippen molar-refractivity contribution in [2.24, 2.45) is 5.92 Å². The molecule has 3 rings (SSSR count). The quantitative estimate of drug-likeness (QED) is 0.461. The minimum atomic E-state index is -3.69. The topological polar surface area (TPSA) is 111 Å². The molecule has 0 atom stereocenters. The van der Waals surface area contributed by atoms with Gasteiger partial charge in [-0.2, -0.15) is 4.31 Å². The Morgan fingerprint density at radius 3 is 2.57 bits per heavy atom. The minimum absolute atomic E-state index is 0.137. The third-order valence-corrected chi connectivity index (χ3v) is 8.47. The minimum Gasteiger partial charge on any atom is -0.493 e. The van der Waals surface area contributed by atoms with Gasteiger partial charge in [0.15, 0.2) is 15.8 Å². The van der Waals surface area contributed by atoms with Crippen LogP contribution in [0.4, 0.5) is 5.13 Å². The molecule has 2 aromatic rings. The zero-order valence-electron chi connectivity index (χ0n) is 17.0. The lowest BCUT2D eigenvalue weighted by molar-refractivity contribution is -0.120. The number of nitrogens with zero attached hydrogens (tertiary/aromatic N) is 3. The van der Waals surface area contributed by atoms with Gasteiger partial charge in [-0.25, -0.2) is 8.42 Å². The van der Waals surface area contributed by atoms with E-state index in [1.54, 1.807) is 17.8 Å². The zero-order valence-corrected chi connectivity index (χ0v) is 19.4. The Bertz CT molecular complexity index is 987. The van der Waals surface area contributed by atoms with Gasteiger partial charge in [0.1, 0.15) is 0 Å². The summed E-state index contributed by atoms with van der Waals surface area (Å²) in [6.45, 7) is 2.55. The molecule has 1 aliphatic rings. The van der Waals surface area contributed by atoms with E-state index in [0.717, 1.165) is 10.1 Å². The van der Waals surface area contributed by atoms with Crippen LogP contribution in [0.5, 0.6) is 11.5 Å². The van der Waals surface area contributed by atoms with E-state index in [1.807, 2.05) is 6.92 Å². The number of aromatic nitrogens is 2. The van der Waals surface area contributed by atoms with Gasteiger partial charge in [-0.05, 0) is 30.7 Å². The third kappa shape index (κ3) is 5.05. The van der Waals surface area contributed by atoms with Gasteiger partial charge >= 0.3 is 0 Å². The molecule has 1 saturated heterocycles. The third-order valence-electron chi connectivity index (χ3n) is 4.72. The van der Waals surface area contributed by atoms with Gasteiger partial charge in [-0.15, -0.1) is 10.2 Å². The van der Waals surface area contributed by atoms with E-state index in [4.69, 9.17) is 9.47 Å². The molecule has 0 saturated carbocycles. The van der Waals surface area contributed by atoms with Gasteiger partial charge in [0, 0.05) is 25.1 Å². The SMILES string of the molecule is CCSc1nnc(NC(=O)C2CCN(S(=O)(=O)c3ccc(OC)c(OC)c3)CC2)s1. The van der Waals surface area contributed by atoms with Crippen LogP contribution in [-0.4, -0.2) is 61.9 Å². The number of methoxy groups -OCH3 is 2. The fourth-order valence-electron chi connectivity index (χ4n) is 3.13. The van der Waals surface area contributed by atoms with Gasteiger partial charge in [0.2, 0.25) is 21.1 Å². The van der Waals surface area contributed by atoms with Gasteiger partial charge in [0.25, 0.3) is 0 Å². The summed E-state index contributed by atoms with van der Waals surface area (Å²) >= 11 is 2.91. The average molecular weight is 473 g/mol. The molecule has 30 heavy (non-hydrogen) atoms. The lowest BCUT2D eigenvalue weighted by Gasteiger charge is -2.30. The number of sulfonamides is 1. The van der Waals surface area contributed by atoms with Crippen LogP contribution < -0.4 is 14.8 Å². The molecule has 0 unspecified atom stereocenters. The van der Waals surface area contributed by atoms with Crippen molar-refractivity contribution in [3.05, 3.63) is 18.2 Å². The lowest BCUT2D eigenvalue weighted by atomic mass is 9.97. The fourth-order valence-corrected chi connectivity index (χ4v) is 6.27. The zero-order chi connectivity index (χ0) is 21.7. The first-order valence-corrected chi connectivity index (χ1v) is 12.6. The van der Waals surface area contributed by atoms with E-state index in [2.05, 4.69) is 15.5 Å². The molecule has 0 bridgehead atoms. The van der Waals surface area contributed by atoms with Gasteiger partial charge in [-0.3, -0.25) is 4.79 Å². The van der Waals surface area contributed by atoms with Crippen LogP contribution in [0.1, 0.15) is 19.8 Å². The maximum atomic E-state index is 13.0. The number of benzene rings is 1. The Labute approximate surface area is 184 Å². The summed E-state index contributed by atoms with van der Waals surface area (Å²) in [6.07, 6.45) is 0.876. The Morgan fingerprint density at radius 2 is 1.93 bits per heavy atom. The molecule has 1 N–H and O–H groups in total. The van der Waals surface area contributed by atoms with Crippen molar-refractivity contribution in [1.29, 1.82) is 0 Å². The molecule has 0 radical (unpaired) electrons. The van der Waals surface area contributed by atoms with Gasteiger partial charge < -0.3 is 14.8 Å². The van der Waals surface area contributed by atoms with Crippen LogP contribution >= 0.6 is 23.1 Å². The van der Waals surface area contributed by atoms with Crippen LogP contribution in [0.15, 0.2) is 27.4 Å². The first-order chi connectivity index (χ1) is 14.4. The molecular weight excluding hydrogens is 448 g/mol. The Kier molecular flexibility index (Phi) is 7.55. The van der Waals surface area contributed by atoms with Crippen molar-refractivity contribution in [2.45, 2.75) is 29.0 Å². The highest BCUT2D eigenvalue weighted by atomic mass is 32.2. The number of thioether (sulfide) groups is 1. The summed E-state index contributed by atoms with van der Waals surface area (Å²) in [5.74, 6) is 1.28. The molecule has 9 nitrogen and oxygen atoms in total. The fraction of sp³-hybridized carbons (Fsp3) is 0.500.